The summed E-state index contributed by atoms with van der Waals surface area (Å²) in [6, 6.07) is 8.98. The lowest BCUT2D eigenvalue weighted by molar-refractivity contribution is 0.582. The fourth-order valence-corrected chi connectivity index (χ4v) is 2.71. The van der Waals surface area contributed by atoms with Crippen molar-refractivity contribution < 1.29 is 8.78 Å². The van der Waals surface area contributed by atoms with Crippen LogP contribution in [-0.4, -0.2) is 19.5 Å². The summed E-state index contributed by atoms with van der Waals surface area (Å²) in [6.45, 7) is 9.69. The molecular weight excluding hydrogens is 358 g/mol. The van der Waals surface area contributed by atoms with E-state index in [0.29, 0.717) is 5.56 Å². The van der Waals surface area contributed by atoms with Crippen molar-refractivity contribution in [3.05, 3.63) is 71.3 Å². The SMILES string of the molecule is CC.Cc1ccc(F)c(-c2ncc[nH]2)c1F.Cc1ccc2c(c1)nc(C)n2C. The van der Waals surface area contributed by atoms with Crippen molar-refractivity contribution in [2.75, 3.05) is 0 Å². The van der Waals surface area contributed by atoms with Crippen LogP contribution in [0.2, 0.25) is 0 Å². The van der Waals surface area contributed by atoms with Gasteiger partial charge in [0.2, 0.25) is 0 Å². The highest BCUT2D eigenvalue weighted by Crippen LogP contribution is 2.24. The minimum absolute atomic E-state index is 0.102. The van der Waals surface area contributed by atoms with Gasteiger partial charge in [-0.05, 0) is 50.1 Å². The Morgan fingerprint density at radius 3 is 2.36 bits per heavy atom. The lowest BCUT2D eigenvalue weighted by atomic mass is 10.1. The zero-order valence-corrected chi connectivity index (χ0v) is 17.1. The minimum Gasteiger partial charge on any atom is -0.344 e. The topological polar surface area (TPSA) is 46.5 Å². The predicted molar refractivity (Wildman–Crippen MR) is 110 cm³/mol. The number of aromatic nitrogens is 4. The largest absolute Gasteiger partial charge is 0.344 e. The van der Waals surface area contributed by atoms with Crippen LogP contribution in [-0.2, 0) is 7.05 Å². The molecule has 2 aromatic carbocycles. The van der Waals surface area contributed by atoms with Crippen molar-refractivity contribution in [2.24, 2.45) is 7.05 Å². The molecule has 6 heteroatoms. The van der Waals surface area contributed by atoms with Gasteiger partial charge in [-0.3, -0.25) is 0 Å². The first-order valence-corrected chi connectivity index (χ1v) is 9.22. The Morgan fingerprint density at radius 2 is 1.71 bits per heavy atom. The molecule has 2 heterocycles. The molecule has 4 nitrogen and oxygen atoms in total. The summed E-state index contributed by atoms with van der Waals surface area (Å²) >= 11 is 0. The van der Waals surface area contributed by atoms with E-state index in [2.05, 4.69) is 44.6 Å². The molecule has 0 bridgehead atoms. The van der Waals surface area contributed by atoms with Gasteiger partial charge in [0.15, 0.2) is 0 Å². The number of aryl methyl sites for hydroxylation is 4. The maximum atomic E-state index is 13.5. The Balaban J connectivity index is 0.000000186. The first kappa shape index (κ1) is 21.3. The van der Waals surface area contributed by atoms with Gasteiger partial charge < -0.3 is 9.55 Å². The number of imidazole rings is 2. The summed E-state index contributed by atoms with van der Waals surface area (Å²) in [4.78, 5) is 10.9. The van der Waals surface area contributed by atoms with E-state index in [1.807, 2.05) is 27.8 Å². The van der Waals surface area contributed by atoms with Gasteiger partial charge in [0, 0.05) is 19.4 Å². The normalized spacial score (nSPS) is 10.1. The van der Waals surface area contributed by atoms with E-state index in [-0.39, 0.29) is 11.4 Å². The summed E-state index contributed by atoms with van der Waals surface area (Å²) in [7, 11) is 2.04. The van der Waals surface area contributed by atoms with Crippen LogP contribution in [0.5, 0.6) is 0 Å². The number of aromatic amines is 1. The molecule has 4 aromatic rings. The number of nitrogens with zero attached hydrogens (tertiary/aromatic N) is 3. The maximum Gasteiger partial charge on any atom is 0.143 e. The Kier molecular flexibility index (Phi) is 7.04. The summed E-state index contributed by atoms with van der Waals surface area (Å²) in [5, 5.41) is 0. The Hall–Kier alpha value is -3.02. The lowest BCUT2D eigenvalue weighted by Gasteiger charge is -2.03. The van der Waals surface area contributed by atoms with Gasteiger partial charge in [0.25, 0.3) is 0 Å². The number of hydrogen-bond acceptors (Lipinski definition) is 2. The summed E-state index contributed by atoms with van der Waals surface area (Å²) < 4.78 is 28.9. The molecule has 28 heavy (non-hydrogen) atoms. The fourth-order valence-electron chi connectivity index (χ4n) is 2.71. The third-order valence-corrected chi connectivity index (χ3v) is 4.28. The quantitative estimate of drug-likeness (QED) is 0.445. The van der Waals surface area contributed by atoms with E-state index >= 15 is 0 Å². The standard InChI is InChI=1S/C10H8F2N2.C10H12N2.C2H6/c1-6-2-3-7(11)8(9(6)12)10-13-4-5-14-10;1-7-4-5-10-9(6-7)11-8(2)12(10)3;1-2/h2-5H,1H3,(H,13,14);4-6H,1-3H3;1-2H3. The monoisotopic (exact) mass is 384 g/mol. The molecule has 0 spiro atoms. The number of benzene rings is 2. The molecule has 0 atom stereocenters. The Morgan fingerprint density at radius 1 is 1.00 bits per heavy atom. The van der Waals surface area contributed by atoms with Crippen molar-refractivity contribution in [3.8, 4) is 11.4 Å². The van der Waals surface area contributed by atoms with Gasteiger partial charge in [0.05, 0.1) is 16.6 Å². The number of H-pyrrole nitrogens is 1. The first-order chi connectivity index (χ1) is 13.4. The predicted octanol–water partition coefficient (Wildman–Crippen LogP) is 5.88. The van der Waals surface area contributed by atoms with E-state index in [0.717, 1.165) is 11.3 Å². The molecule has 0 aliphatic heterocycles. The summed E-state index contributed by atoms with van der Waals surface area (Å²) in [6.07, 6.45) is 2.98. The molecule has 0 saturated carbocycles. The molecule has 0 aliphatic rings. The number of fused-ring (bicyclic) bond motifs is 1. The van der Waals surface area contributed by atoms with Crippen LogP contribution in [0.25, 0.3) is 22.4 Å². The molecule has 0 unspecified atom stereocenters. The highest BCUT2D eigenvalue weighted by molar-refractivity contribution is 5.76. The zero-order chi connectivity index (χ0) is 20.8. The van der Waals surface area contributed by atoms with Crippen LogP contribution >= 0.6 is 0 Å². The second-order valence-corrected chi connectivity index (χ2v) is 6.20. The van der Waals surface area contributed by atoms with Crippen molar-refractivity contribution in [1.82, 2.24) is 19.5 Å². The smallest absolute Gasteiger partial charge is 0.143 e. The molecule has 0 radical (unpaired) electrons. The van der Waals surface area contributed by atoms with Gasteiger partial charge in [-0.15, -0.1) is 0 Å². The maximum absolute atomic E-state index is 13.5. The third-order valence-electron chi connectivity index (χ3n) is 4.28. The molecule has 0 aliphatic carbocycles. The van der Waals surface area contributed by atoms with E-state index in [1.165, 1.54) is 35.6 Å². The average Bonchev–Trinajstić information content (AvgIpc) is 3.30. The van der Waals surface area contributed by atoms with Gasteiger partial charge in [-0.2, -0.15) is 0 Å². The number of rotatable bonds is 1. The van der Waals surface area contributed by atoms with Crippen LogP contribution in [0.3, 0.4) is 0 Å². The van der Waals surface area contributed by atoms with Crippen LogP contribution in [0, 0.1) is 32.4 Å². The van der Waals surface area contributed by atoms with Crippen molar-refractivity contribution in [2.45, 2.75) is 34.6 Å². The van der Waals surface area contributed by atoms with Crippen molar-refractivity contribution in [1.29, 1.82) is 0 Å². The molecule has 1 N–H and O–H groups in total. The van der Waals surface area contributed by atoms with Crippen molar-refractivity contribution in [3.63, 3.8) is 0 Å². The third kappa shape index (κ3) is 4.44. The second-order valence-electron chi connectivity index (χ2n) is 6.20. The fraction of sp³-hybridized carbons (Fsp3) is 0.273. The highest BCUT2D eigenvalue weighted by atomic mass is 19.1. The highest BCUT2D eigenvalue weighted by Gasteiger charge is 2.14. The van der Waals surface area contributed by atoms with Gasteiger partial charge >= 0.3 is 0 Å². The van der Waals surface area contributed by atoms with E-state index in [4.69, 9.17) is 0 Å². The van der Waals surface area contributed by atoms with Crippen molar-refractivity contribution >= 4 is 11.0 Å². The number of hydrogen-bond donors (Lipinski definition) is 1. The Labute approximate surface area is 164 Å². The molecular formula is C22H26F2N4. The molecule has 0 amide bonds. The molecule has 0 fully saturated rings. The average molecular weight is 384 g/mol. The number of nitrogens with one attached hydrogen (secondary N) is 1. The minimum atomic E-state index is -0.608. The van der Waals surface area contributed by atoms with E-state index < -0.39 is 11.6 Å². The van der Waals surface area contributed by atoms with Gasteiger partial charge in [-0.1, -0.05) is 26.0 Å². The van der Waals surface area contributed by atoms with E-state index in [9.17, 15) is 8.78 Å². The second kappa shape index (κ2) is 9.26. The van der Waals surface area contributed by atoms with E-state index in [1.54, 1.807) is 6.92 Å². The Bertz CT molecular complexity index is 1050. The van der Waals surface area contributed by atoms with Crippen LogP contribution in [0.1, 0.15) is 30.8 Å². The van der Waals surface area contributed by atoms with Crippen LogP contribution in [0.15, 0.2) is 42.7 Å². The van der Waals surface area contributed by atoms with Gasteiger partial charge in [0.1, 0.15) is 23.3 Å². The molecule has 148 valence electrons. The summed E-state index contributed by atoms with van der Waals surface area (Å²) in [5.74, 6) is 0.0994. The molecule has 4 rings (SSSR count). The first-order valence-electron chi connectivity index (χ1n) is 9.22. The lowest BCUT2D eigenvalue weighted by Crippen LogP contribution is -1.94. The summed E-state index contributed by atoms with van der Waals surface area (Å²) in [5.41, 5.74) is 3.86. The van der Waals surface area contributed by atoms with Crippen LogP contribution < -0.4 is 0 Å². The van der Waals surface area contributed by atoms with Crippen LogP contribution in [0.4, 0.5) is 8.78 Å². The zero-order valence-electron chi connectivity index (χ0n) is 17.1. The number of halogens is 2. The molecule has 2 aromatic heterocycles. The van der Waals surface area contributed by atoms with Gasteiger partial charge in [-0.25, -0.2) is 18.7 Å². The molecule has 0 saturated heterocycles.